The molecule has 1 aromatic rings. The first-order chi connectivity index (χ1) is 9.69. The van der Waals surface area contributed by atoms with Gasteiger partial charge in [0.05, 0.1) is 13.2 Å². The Morgan fingerprint density at radius 1 is 1.30 bits per heavy atom. The molecule has 0 aromatic heterocycles. The molecule has 0 radical (unpaired) electrons. The van der Waals surface area contributed by atoms with Crippen molar-refractivity contribution in [2.75, 3.05) is 31.6 Å². The fourth-order valence-corrected chi connectivity index (χ4v) is 1.92. The largest absolute Gasteiger partial charge is 0.395 e. The molecule has 0 bridgehead atoms. The summed E-state index contributed by atoms with van der Waals surface area (Å²) in [5.74, 6) is -0.0601. The summed E-state index contributed by atoms with van der Waals surface area (Å²) in [6, 6.07) is 7.50. The molecule has 4 N–H and O–H groups in total. The van der Waals surface area contributed by atoms with Crippen molar-refractivity contribution in [1.29, 1.82) is 0 Å². The standard InChI is InChI=1S/C15H25N3O2/c1-2-3-8-18(9-10-19)12-15(20)17-14-6-4-13(11-16)5-7-14/h4-7,19H,2-3,8-12,16H2,1H3,(H,17,20). The summed E-state index contributed by atoms with van der Waals surface area (Å²) in [6.07, 6.45) is 2.10. The van der Waals surface area contributed by atoms with Crippen LogP contribution in [0.2, 0.25) is 0 Å². The van der Waals surface area contributed by atoms with E-state index in [2.05, 4.69) is 12.2 Å². The Labute approximate surface area is 120 Å². The van der Waals surface area contributed by atoms with Crippen LogP contribution in [0.15, 0.2) is 24.3 Å². The highest BCUT2D eigenvalue weighted by atomic mass is 16.3. The summed E-state index contributed by atoms with van der Waals surface area (Å²) in [6.45, 7) is 4.34. The molecule has 0 fully saturated rings. The summed E-state index contributed by atoms with van der Waals surface area (Å²) in [7, 11) is 0. The minimum Gasteiger partial charge on any atom is -0.395 e. The lowest BCUT2D eigenvalue weighted by atomic mass is 10.2. The van der Waals surface area contributed by atoms with E-state index in [1.54, 1.807) is 0 Å². The van der Waals surface area contributed by atoms with E-state index in [-0.39, 0.29) is 12.5 Å². The highest BCUT2D eigenvalue weighted by molar-refractivity contribution is 5.92. The van der Waals surface area contributed by atoms with Gasteiger partial charge in [-0.15, -0.1) is 0 Å². The molecule has 0 atom stereocenters. The van der Waals surface area contributed by atoms with Crippen molar-refractivity contribution in [3.05, 3.63) is 29.8 Å². The average molecular weight is 279 g/mol. The van der Waals surface area contributed by atoms with E-state index in [1.807, 2.05) is 29.2 Å². The van der Waals surface area contributed by atoms with Crippen LogP contribution < -0.4 is 11.1 Å². The zero-order chi connectivity index (χ0) is 14.8. The topological polar surface area (TPSA) is 78.6 Å². The fraction of sp³-hybridized carbons (Fsp3) is 0.533. The van der Waals surface area contributed by atoms with Gasteiger partial charge in [-0.05, 0) is 30.7 Å². The smallest absolute Gasteiger partial charge is 0.238 e. The molecule has 1 amide bonds. The fourth-order valence-electron chi connectivity index (χ4n) is 1.92. The number of nitrogens with zero attached hydrogens (tertiary/aromatic N) is 1. The quantitative estimate of drug-likeness (QED) is 0.634. The van der Waals surface area contributed by atoms with E-state index in [9.17, 15) is 4.79 Å². The Bertz CT molecular complexity index is 393. The van der Waals surface area contributed by atoms with E-state index < -0.39 is 0 Å². The van der Waals surface area contributed by atoms with E-state index >= 15 is 0 Å². The van der Waals surface area contributed by atoms with Crippen LogP contribution in [-0.4, -0.2) is 42.2 Å². The van der Waals surface area contributed by atoms with Gasteiger partial charge in [0.2, 0.25) is 5.91 Å². The van der Waals surface area contributed by atoms with Gasteiger partial charge in [0.25, 0.3) is 0 Å². The predicted octanol–water partition coefficient (Wildman–Crippen LogP) is 1.18. The third-order valence-electron chi connectivity index (χ3n) is 3.08. The maximum atomic E-state index is 12.0. The number of amides is 1. The van der Waals surface area contributed by atoms with Crippen LogP contribution >= 0.6 is 0 Å². The molecule has 0 unspecified atom stereocenters. The SMILES string of the molecule is CCCCN(CCO)CC(=O)Nc1ccc(CN)cc1. The Balaban J connectivity index is 2.46. The van der Waals surface area contributed by atoms with E-state index in [0.717, 1.165) is 30.6 Å². The van der Waals surface area contributed by atoms with Crippen molar-refractivity contribution in [3.63, 3.8) is 0 Å². The summed E-state index contributed by atoms with van der Waals surface area (Å²) >= 11 is 0. The summed E-state index contributed by atoms with van der Waals surface area (Å²) in [5.41, 5.74) is 7.33. The van der Waals surface area contributed by atoms with Gasteiger partial charge >= 0.3 is 0 Å². The Hall–Kier alpha value is -1.43. The van der Waals surface area contributed by atoms with Gasteiger partial charge in [0.1, 0.15) is 0 Å². The average Bonchev–Trinajstić information content (AvgIpc) is 2.45. The van der Waals surface area contributed by atoms with Crippen LogP contribution in [0.25, 0.3) is 0 Å². The van der Waals surface area contributed by atoms with Crippen LogP contribution in [-0.2, 0) is 11.3 Å². The van der Waals surface area contributed by atoms with E-state index in [0.29, 0.717) is 19.6 Å². The monoisotopic (exact) mass is 279 g/mol. The van der Waals surface area contributed by atoms with Gasteiger partial charge in [-0.25, -0.2) is 0 Å². The lowest BCUT2D eigenvalue weighted by Crippen LogP contribution is -2.35. The molecular formula is C15H25N3O2. The molecule has 112 valence electrons. The minimum absolute atomic E-state index is 0.0601. The number of unbranched alkanes of at least 4 members (excludes halogenated alkanes) is 1. The first-order valence-electron chi connectivity index (χ1n) is 7.11. The van der Waals surface area contributed by atoms with Gasteiger partial charge in [-0.1, -0.05) is 25.5 Å². The molecule has 0 aliphatic rings. The second kappa shape index (κ2) is 9.47. The lowest BCUT2D eigenvalue weighted by Gasteiger charge is -2.20. The predicted molar refractivity (Wildman–Crippen MR) is 81.4 cm³/mol. The van der Waals surface area contributed by atoms with Crippen LogP contribution in [0, 0.1) is 0 Å². The number of carbonyl (C=O) groups excluding carboxylic acids is 1. The number of nitrogens with two attached hydrogens (primary N) is 1. The van der Waals surface area contributed by atoms with Crippen LogP contribution in [0.1, 0.15) is 25.3 Å². The second-order valence-corrected chi connectivity index (χ2v) is 4.80. The van der Waals surface area contributed by atoms with Crippen molar-refractivity contribution >= 4 is 11.6 Å². The molecule has 0 heterocycles. The molecule has 0 spiro atoms. The zero-order valence-electron chi connectivity index (χ0n) is 12.1. The highest BCUT2D eigenvalue weighted by Gasteiger charge is 2.10. The number of anilines is 1. The maximum absolute atomic E-state index is 12.0. The number of aliphatic hydroxyl groups is 1. The third-order valence-corrected chi connectivity index (χ3v) is 3.08. The molecule has 5 heteroatoms. The number of benzene rings is 1. The maximum Gasteiger partial charge on any atom is 0.238 e. The first kappa shape index (κ1) is 16.6. The van der Waals surface area contributed by atoms with Crippen molar-refractivity contribution in [2.24, 2.45) is 5.73 Å². The molecule has 20 heavy (non-hydrogen) atoms. The van der Waals surface area contributed by atoms with Gasteiger partial charge in [0, 0.05) is 18.8 Å². The van der Waals surface area contributed by atoms with E-state index in [4.69, 9.17) is 10.8 Å². The zero-order valence-corrected chi connectivity index (χ0v) is 12.1. The number of nitrogens with one attached hydrogen (secondary N) is 1. The molecule has 0 aliphatic heterocycles. The van der Waals surface area contributed by atoms with E-state index in [1.165, 1.54) is 0 Å². The lowest BCUT2D eigenvalue weighted by molar-refractivity contribution is -0.117. The minimum atomic E-state index is -0.0601. The summed E-state index contributed by atoms with van der Waals surface area (Å²) < 4.78 is 0. The highest BCUT2D eigenvalue weighted by Crippen LogP contribution is 2.09. The van der Waals surface area contributed by atoms with Crippen LogP contribution in [0.5, 0.6) is 0 Å². The van der Waals surface area contributed by atoms with Gasteiger partial charge in [-0.3, -0.25) is 9.69 Å². The molecule has 1 aromatic carbocycles. The Kier molecular flexibility index (Phi) is 7.87. The number of hydrogen-bond acceptors (Lipinski definition) is 4. The molecule has 0 aliphatic carbocycles. The normalized spacial score (nSPS) is 10.8. The number of carbonyl (C=O) groups is 1. The molecule has 1 rings (SSSR count). The summed E-state index contributed by atoms with van der Waals surface area (Å²) in [5, 5.41) is 11.9. The Morgan fingerprint density at radius 2 is 2.00 bits per heavy atom. The van der Waals surface area contributed by atoms with Crippen molar-refractivity contribution in [3.8, 4) is 0 Å². The van der Waals surface area contributed by atoms with Gasteiger partial charge < -0.3 is 16.2 Å². The molecule has 0 saturated heterocycles. The molecule has 5 nitrogen and oxygen atoms in total. The van der Waals surface area contributed by atoms with Crippen molar-refractivity contribution in [1.82, 2.24) is 4.90 Å². The van der Waals surface area contributed by atoms with Crippen LogP contribution in [0.4, 0.5) is 5.69 Å². The number of aliphatic hydroxyl groups excluding tert-OH is 1. The molecular weight excluding hydrogens is 254 g/mol. The molecule has 0 saturated carbocycles. The van der Waals surface area contributed by atoms with Crippen molar-refractivity contribution < 1.29 is 9.90 Å². The van der Waals surface area contributed by atoms with Crippen LogP contribution in [0.3, 0.4) is 0 Å². The first-order valence-corrected chi connectivity index (χ1v) is 7.11. The summed E-state index contributed by atoms with van der Waals surface area (Å²) in [4.78, 5) is 13.9. The van der Waals surface area contributed by atoms with Gasteiger partial charge in [-0.2, -0.15) is 0 Å². The number of rotatable bonds is 9. The number of hydrogen-bond donors (Lipinski definition) is 3. The van der Waals surface area contributed by atoms with Crippen molar-refractivity contribution in [2.45, 2.75) is 26.3 Å². The third kappa shape index (κ3) is 6.14. The second-order valence-electron chi connectivity index (χ2n) is 4.80. The Morgan fingerprint density at radius 3 is 2.55 bits per heavy atom. The van der Waals surface area contributed by atoms with Gasteiger partial charge in [0.15, 0.2) is 0 Å².